The summed E-state index contributed by atoms with van der Waals surface area (Å²) in [7, 11) is -3.58. The average Bonchev–Trinajstić information content (AvgIpc) is 2.97. The minimum Gasteiger partial charge on any atom is -0.394 e. The van der Waals surface area contributed by atoms with Gasteiger partial charge in [0.15, 0.2) is 0 Å². The Kier molecular flexibility index (Phi) is 4.74. The van der Waals surface area contributed by atoms with Gasteiger partial charge in [-0.1, -0.05) is 0 Å². The first-order valence-corrected chi connectivity index (χ1v) is 8.53. The molecule has 0 amide bonds. The van der Waals surface area contributed by atoms with Crippen LogP contribution in [0, 0.1) is 0 Å². The summed E-state index contributed by atoms with van der Waals surface area (Å²) in [5.74, 6) is 0. The molecule has 6 nitrogen and oxygen atoms in total. The standard InChI is InChI=1S/C10H12BrN3O3S2/c11-9-1-4-18-10(9)6-13-19(16,17)8-5-12-14(7-8)2-3-15/h1,4-5,7,13,15H,2-3,6H2. The monoisotopic (exact) mass is 365 g/mol. The molecule has 19 heavy (non-hydrogen) atoms. The molecule has 0 saturated carbocycles. The zero-order valence-corrected chi connectivity index (χ0v) is 13.0. The van der Waals surface area contributed by atoms with Gasteiger partial charge < -0.3 is 5.11 Å². The van der Waals surface area contributed by atoms with E-state index in [0.29, 0.717) is 0 Å². The van der Waals surface area contributed by atoms with Gasteiger partial charge in [-0.3, -0.25) is 4.68 Å². The third kappa shape index (κ3) is 3.63. The summed E-state index contributed by atoms with van der Waals surface area (Å²) in [6, 6.07) is 1.87. The predicted octanol–water partition coefficient (Wildman–Crippen LogP) is 1.18. The van der Waals surface area contributed by atoms with E-state index in [4.69, 9.17) is 5.11 Å². The van der Waals surface area contributed by atoms with Gasteiger partial charge in [0.05, 0.1) is 19.3 Å². The summed E-state index contributed by atoms with van der Waals surface area (Å²) >= 11 is 4.82. The Morgan fingerprint density at radius 2 is 2.32 bits per heavy atom. The molecule has 0 atom stereocenters. The fraction of sp³-hybridized carbons (Fsp3) is 0.300. The number of hydrogen-bond acceptors (Lipinski definition) is 5. The van der Waals surface area contributed by atoms with Crippen LogP contribution in [-0.2, 0) is 23.1 Å². The van der Waals surface area contributed by atoms with Crippen molar-refractivity contribution in [1.29, 1.82) is 0 Å². The van der Waals surface area contributed by atoms with Crippen LogP contribution in [-0.4, -0.2) is 29.9 Å². The number of rotatable bonds is 6. The lowest BCUT2D eigenvalue weighted by atomic mass is 10.5. The second-order valence-corrected chi connectivity index (χ2v) is 7.30. The predicted molar refractivity (Wildman–Crippen MR) is 75.4 cm³/mol. The number of sulfonamides is 1. The van der Waals surface area contributed by atoms with Gasteiger partial charge in [0, 0.05) is 22.1 Å². The Labute approximate surface area is 123 Å². The van der Waals surface area contributed by atoms with Crippen LogP contribution < -0.4 is 4.72 Å². The number of aliphatic hydroxyl groups excluding tert-OH is 1. The first-order chi connectivity index (χ1) is 9.03. The highest BCUT2D eigenvalue weighted by atomic mass is 79.9. The van der Waals surface area contributed by atoms with Crippen molar-refractivity contribution < 1.29 is 13.5 Å². The smallest absolute Gasteiger partial charge is 0.244 e. The molecule has 2 aromatic heterocycles. The highest BCUT2D eigenvalue weighted by Gasteiger charge is 2.17. The van der Waals surface area contributed by atoms with Gasteiger partial charge in [0.1, 0.15) is 4.90 Å². The molecular formula is C10H12BrN3O3S2. The van der Waals surface area contributed by atoms with Crippen molar-refractivity contribution in [2.75, 3.05) is 6.61 Å². The molecule has 0 aromatic carbocycles. The maximum atomic E-state index is 12.0. The molecule has 0 fully saturated rings. The van der Waals surface area contributed by atoms with Crippen LogP contribution >= 0.6 is 27.3 Å². The van der Waals surface area contributed by atoms with E-state index >= 15 is 0 Å². The molecule has 2 N–H and O–H groups in total. The summed E-state index contributed by atoms with van der Waals surface area (Å²) < 4.78 is 28.8. The van der Waals surface area contributed by atoms with Gasteiger partial charge in [-0.15, -0.1) is 11.3 Å². The molecule has 0 aliphatic heterocycles. The summed E-state index contributed by atoms with van der Waals surface area (Å²) in [4.78, 5) is 1.000. The van der Waals surface area contributed by atoms with E-state index in [9.17, 15) is 8.42 Å². The first kappa shape index (κ1) is 14.7. The number of aromatic nitrogens is 2. The van der Waals surface area contributed by atoms with E-state index in [1.54, 1.807) is 0 Å². The minimum absolute atomic E-state index is 0.0866. The fourth-order valence-corrected chi connectivity index (χ4v) is 3.87. The van der Waals surface area contributed by atoms with Crippen LogP contribution in [0.2, 0.25) is 0 Å². The SMILES string of the molecule is O=S(=O)(NCc1sccc1Br)c1cnn(CCO)c1. The lowest BCUT2D eigenvalue weighted by molar-refractivity contribution is 0.269. The van der Waals surface area contributed by atoms with E-state index in [1.165, 1.54) is 28.4 Å². The first-order valence-electron chi connectivity index (χ1n) is 5.38. The van der Waals surface area contributed by atoms with Crippen LogP contribution in [0.1, 0.15) is 4.88 Å². The van der Waals surface area contributed by atoms with E-state index in [0.717, 1.165) is 9.35 Å². The molecule has 9 heteroatoms. The van der Waals surface area contributed by atoms with Crippen molar-refractivity contribution in [3.05, 3.63) is 33.2 Å². The molecular weight excluding hydrogens is 354 g/mol. The van der Waals surface area contributed by atoms with E-state index < -0.39 is 10.0 Å². The van der Waals surface area contributed by atoms with Gasteiger partial charge in [0.25, 0.3) is 0 Å². The molecule has 0 bridgehead atoms. The van der Waals surface area contributed by atoms with Crippen molar-refractivity contribution in [3.63, 3.8) is 0 Å². The lowest BCUT2D eigenvalue weighted by Gasteiger charge is -2.03. The van der Waals surface area contributed by atoms with Gasteiger partial charge in [-0.25, -0.2) is 13.1 Å². The second-order valence-electron chi connectivity index (χ2n) is 3.68. The largest absolute Gasteiger partial charge is 0.394 e. The van der Waals surface area contributed by atoms with Gasteiger partial charge in [-0.05, 0) is 27.4 Å². The van der Waals surface area contributed by atoms with Crippen molar-refractivity contribution in [3.8, 4) is 0 Å². The number of nitrogens with one attached hydrogen (secondary N) is 1. The maximum absolute atomic E-state index is 12.0. The Balaban J connectivity index is 2.07. The van der Waals surface area contributed by atoms with Crippen LogP contribution in [0.3, 0.4) is 0 Å². The van der Waals surface area contributed by atoms with Gasteiger partial charge >= 0.3 is 0 Å². The zero-order chi connectivity index (χ0) is 13.9. The average molecular weight is 366 g/mol. The molecule has 0 saturated heterocycles. The molecule has 0 unspecified atom stereocenters. The third-order valence-corrected chi connectivity index (χ3v) is 5.64. The lowest BCUT2D eigenvalue weighted by Crippen LogP contribution is -2.22. The van der Waals surface area contributed by atoms with Gasteiger partial charge in [-0.2, -0.15) is 5.10 Å². The molecule has 0 spiro atoms. The zero-order valence-electron chi connectivity index (χ0n) is 9.78. The molecule has 0 aliphatic rings. The highest BCUT2D eigenvalue weighted by Crippen LogP contribution is 2.22. The Morgan fingerprint density at radius 3 is 2.95 bits per heavy atom. The Bertz CT molecular complexity index is 651. The van der Waals surface area contributed by atoms with Crippen molar-refractivity contribution in [2.24, 2.45) is 0 Å². The Morgan fingerprint density at radius 1 is 1.53 bits per heavy atom. The summed E-state index contributed by atoms with van der Waals surface area (Å²) in [6.45, 7) is 0.411. The maximum Gasteiger partial charge on any atom is 0.244 e. The van der Waals surface area contributed by atoms with E-state index in [2.05, 4.69) is 25.8 Å². The minimum atomic E-state index is -3.58. The molecule has 2 heterocycles. The Hall–Kier alpha value is -0.740. The van der Waals surface area contributed by atoms with Crippen molar-refractivity contribution in [1.82, 2.24) is 14.5 Å². The molecule has 0 aliphatic carbocycles. The van der Waals surface area contributed by atoms with Crippen LogP contribution in [0.25, 0.3) is 0 Å². The van der Waals surface area contributed by atoms with Crippen LogP contribution in [0.5, 0.6) is 0 Å². The number of hydrogen-bond donors (Lipinski definition) is 2. The summed E-state index contributed by atoms with van der Waals surface area (Å²) in [5, 5.41) is 14.5. The van der Waals surface area contributed by atoms with Gasteiger partial charge in [0.2, 0.25) is 10.0 Å². The van der Waals surface area contributed by atoms with Crippen LogP contribution in [0.4, 0.5) is 0 Å². The number of nitrogens with zero attached hydrogens (tertiary/aromatic N) is 2. The van der Waals surface area contributed by atoms with E-state index in [-0.39, 0.29) is 24.6 Å². The van der Waals surface area contributed by atoms with Crippen LogP contribution in [0.15, 0.2) is 33.2 Å². The highest BCUT2D eigenvalue weighted by molar-refractivity contribution is 9.10. The number of halogens is 1. The summed E-state index contributed by atoms with van der Waals surface area (Å²) in [5.41, 5.74) is 0. The molecule has 0 radical (unpaired) electrons. The van der Waals surface area contributed by atoms with Crippen molar-refractivity contribution in [2.45, 2.75) is 18.0 Å². The normalized spacial score (nSPS) is 11.9. The van der Waals surface area contributed by atoms with Crippen molar-refractivity contribution >= 4 is 37.3 Å². The number of aliphatic hydroxyl groups is 1. The fourth-order valence-electron chi connectivity index (χ4n) is 1.40. The quantitative estimate of drug-likeness (QED) is 0.804. The number of thiophene rings is 1. The van der Waals surface area contributed by atoms with E-state index in [1.807, 2.05) is 11.4 Å². The second kappa shape index (κ2) is 6.14. The molecule has 104 valence electrons. The molecule has 2 aromatic rings. The summed E-state index contributed by atoms with van der Waals surface area (Å²) in [6.07, 6.45) is 2.66. The molecule has 2 rings (SSSR count). The third-order valence-electron chi connectivity index (χ3n) is 2.36. The topological polar surface area (TPSA) is 84.2 Å².